The van der Waals surface area contributed by atoms with Gasteiger partial charge in [-0.2, -0.15) is 0 Å². The van der Waals surface area contributed by atoms with Gasteiger partial charge in [-0.3, -0.25) is 0 Å². The zero-order chi connectivity index (χ0) is 19.3. The Balaban J connectivity index is 0. The minimum absolute atomic E-state index is 0. The van der Waals surface area contributed by atoms with Crippen molar-refractivity contribution < 1.29 is 47.5 Å². The molecule has 12 heteroatoms. The Morgan fingerprint density at radius 3 is 1.41 bits per heavy atom. The lowest BCUT2D eigenvalue weighted by Gasteiger charge is -2.08. The van der Waals surface area contributed by atoms with E-state index in [1.54, 1.807) is 0 Å². The van der Waals surface area contributed by atoms with E-state index in [4.69, 9.17) is 25.2 Å². The molecule has 0 spiro atoms. The average molecular weight is 394 g/mol. The highest BCUT2D eigenvalue weighted by Crippen LogP contribution is 2.15. The van der Waals surface area contributed by atoms with E-state index in [2.05, 4.69) is 4.74 Å². The van der Waals surface area contributed by atoms with Crippen molar-refractivity contribution in [3.05, 3.63) is 47.5 Å². The molecule has 2 rings (SSSR count). The fraction of sp³-hybridized carbons (Fsp3) is 0.200. The van der Waals surface area contributed by atoms with E-state index >= 15 is 0 Å². The van der Waals surface area contributed by atoms with E-state index < -0.39 is 59.9 Å². The molecule has 0 amide bonds. The van der Waals surface area contributed by atoms with Crippen LogP contribution >= 0.6 is 0 Å². The molecule has 0 radical (unpaired) electrons. The van der Waals surface area contributed by atoms with Crippen LogP contribution in [0.4, 0.5) is 17.6 Å². The van der Waals surface area contributed by atoms with Gasteiger partial charge in [-0.05, 0) is 24.3 Å². The van der Waals surface area contributed by atoms with Crippen LogP contribution in [-0.2, 0) is 0 Å². The number of benzene rings is 2. The third kappa shape index (κ3) is 6.43. The van der Waals surface area contributed by atoms with Gasteiger partial charge in [0.25, 0.3) is 0 Å². The molecule has 0 saturated carbocycles. The fourth-order valence-corrected chi connectivity index (χ4v) is 1.80. The molecule has 0 unspecified atom stereocenters. The second kappa shape index (κ2) is 11.4. The van der Waals surface area contributed by atoms with E-state index in [1.165, 1.54) is 0 Å². The third-order valence-electron chi connectivity index (χ3n) is 2.93. The lowest BCUT2D eigenvalue weighted by atomic mass is 9.79. The van der Waals surface area contributed by atoms with Crippen LogP contribution in [0.3, 0.4) is 0 Å². The number of rotatable bonds is 3. The molecule has 150 valence electrons. The zero-order valence-corrected chi connectivity index (χ0v) is 12.6. The van der Waals surface area contributed by atoms with Gasteiger partial charge in [-0.25, -0.2) is 17.6 Å². The highest BCUT2D eigenvalue weighted by atomic mass is 19.1. The summed E-state index contributed by atoms with van der Waals surface area (Å²) in [5.74, 6) is -5.50. The molecule has 2 aromatic rings. The van der Waals surface area contributed by atoms with Crippen LogP contribution in [-0.4, -0.2) is 46.5 Å². The molecular weight excluding hydrogens is 374 g/mol. The summed E-state index contributed by atoms with van der Waals surface area (Å²) in [4.78, 5) is 0. The monoisotopic (exact) mass is 394 g/mol. The molecule has 0 heterocycles. The summed E-state index contributed by atoms with van der Waals surface area (Å²) in [6.07, 6.45) is 0. The summed E-state index contributed by atoms with van der Waals surface area (Å²) >= 11 is 0. The first-order valence-corrected chi connectivity index (χ1v) is 6.52. The Morgan fingerprint density at radius 1 is 0.704 bits per heavy atom. The third-order valence-corrected chi connectivity index (χ3v) is 2.93. The van der Waals surface area contributed by atoms with Crippen LogP contribution in [0.25, 0.3) is 0 Å². The number of phenolic OH excluding ortho intramolecular Hbond substituents is 1. The van der Waals surface area contributed by atoms with Gasteiger partial charge in [0.15, 0.2) is 23.1 Å². The summed E-state index contributed by atoms with van der Waals surface area (Å²) in [5.41, 5.74) is -1.45. The predicted molar refractivity (Wildman–Crippen MR) is 94.0 cm³/mol. The molecule has 0 bridgehead atoms. The first kappa shape index (κ1) is 27.0. The number of hydrogen-bond acceptors (Lipinski definition) is 6. The Hall–Kier alpha value is -2.27. The Kier molecular flexibility index (Phi) is 11.4. The van der Waals surface area contributed by atoms with Crippen molar-refractivity contribution in [3.63, 3.8) is 0 Å². The van der Waals surface area contributed by atoms with Crippen molar-refractivity contribution in [2.75, 3.05) is 7.11 Å². The maximum Gasteiger partial charge on any atom is 0.495 e. The minimum Gasteiger partial charge on any atom is -0.505 e. The van der Waals surface area contributed by atoms with Crippen molar-refractivity contribution in [1.29, 1.82) is 0 Å². The van der Waals surface area contributed by atoms with Crippen LogP contribution < -0.4 is 15.7 Å². The molecule has 0 atom stereocenters. The van der Waals surface area contributed by atoms with Crippen LogP contribution in [0.5, 0.6) is 11.5 Å². The zero-order valence-electron chi connectivity index (χ0n) is 12.6. The van der Waals surface area contributed by atoms with Crippen molar-refractivity contribution in [3.8, 4) is 11.5 Å². The summed E-state index contributed by atoms with van der Waals surface area (Å²) in [5, 5.41) is 43.2. The molecule has 0 aliphatic heterocycles. The molecule has 0 aliphatic rings. The van der Waals surface area contributed by atoms with E-state index in [9.17, 15) is 17.6 Å². The van der Waals surface area contributed by atoms with Gasteiger partial charge in [0.05, 0.1) is 18.0 Å². The van der Waals surface area contributed by atoms with Crippen LogP contribution in [0.1, 0.15) is 14.9 Å². The van der Waals surface area contributed by atoms with Crippen molar-refractivity contribution in [1.82, 2.24) is 0 Å². The quantitative estimate of drug-likeness (QED) is 0.378. The molecule has 5 N–H and O–H groups in total. The van der Waals surface area contributed by atoms with E-state index in [0.717, 1.165) is 19.2 Å². The standard InChI is InChI=1S/C7H7BF2O3.C6H5BF2O3.2CH4/c1-13-7-5(10)3-2-4(9)6(7)8(11)12;8-3-1-2-4(9)6(10)5(3)7(11)12;;/h2-3,11-12H,1H3;1-2,10-12H;2*1H4. The summed E-state index contributed by atoms with van der Waals surface area (Å²) in [7, 11) is -3.20. The molecule has 0 aliphatic carbocycles. The van der Waals surface area contributed by atoms with Gasteiger partial charge in [0.2, 0.25) is 0 Å². The largest absolute Gasteiger partial charge is 0.505 e. The normalized spacial score (nSPS) is 9.22. The smallest absolute Gasteiger partial charge is 0.495 e. The summed E-state index contributed by atoms with van der Waals surface area (Å²) < 4.78 is 55.4. The molecular formula is C15H20B2F4O6. The summed E-state index contributed by atoms with van der Waals surface area (Å²) in [6.45, 7) is 0. The predicted octanol–water partition coefficient (Wildman–Crippen LogP) is 0.276. The van der Waals surface area contributed by atoms with Gasteiger partial charge in [-0.15, -0.1) is 0 Å². The second-order valence-corrected chi connectivity index (χ2v) is 4.51. The van der Waals surface area contributed by atoms with Gasteiger partial charge < -0.3 is 29.9 Å². The van der Waals surface area contributed by atoms with E-state index in [-0.39, 0.29) is 14.9 Å². The SMILES string of the molecule is C.C.COc1c(F)ccc(F)c1B(O)O.OB(O)c1c(F)ccc(F)c1O. The van der Waals surface area contributed by atoms with Gasteiger partial charge >= 0.3 is 14.2 Å². The highest BCUT2D eigenvalue weighted by molar-refractivity contribution is 6.60. The first-order chi connectivity index (χ1) is 11.6. The molecule has 0 saturated heterocycles. The van der Waals surface area contributed by atoms with E-state index in [0.29, 0.717) is 12.1 Å². The van der Waals surface area contributed by atoms with Gasteiger partial charge in [0.1, 0.15) is 11.6 Å². The number of methoxy groups -OCH3 is 1. The molecule has 2 aromatic carbocycles. The van der Waals surface area contributed by atoms with E-state index in [1.807, 2.05) is 0 Å². The topological polar surface area (TPSA) is 110 Å². The molecule has 27 heavy (non-hydrogen) atoms. The fourth-order valence-electron chi connectivity index (χ4n) is 1.80. The Morgan fingerprint density at radius 2 is 1.07 bits per heavy atom. The molecule has 6 nitrogen and oxygen atoms in total. The Bertz CT molecular complexity index is 747. The lowest BCUT2D eigenvalue weighted by Crippen LogP contribution is -2.34. The second-order valence-electron chi connectivity index (χ2n) is 4.51. The molecule has 0 fully saturated rings. The van der Waals surface area contributed by atoms with Crippen molar-refractivity contribution in [2.45, 2.75) is 14.9 Å². The number of halogens is 4. The van der Waals surface area contributed by atoms with Gasteiger partial charge in [-0.1, -0.05) is 14.9 Å². The lowest BCUT2D eigenvalue weighted by molar-refractivity contribution is 0.377. The van der Waals surface area contributed by atoms with Crippen LogP contribution in [0.2, 0.25) is 0 Å². The number of phenols is 1. The maximum atomic E-state index is 12.9. The van der Waals surface area contributed by atoms with Crippen molar-refractivity contribution >= 4 is 25.2 Å². The number of ether oxygens (including phenoxy) is 1. The van der Waals surface area contributed by atoms with Gasteiger partial charge in [0, 0.05) is 0 Å². The Labute approximate surface area is 154 Å². The highest BCUT2D eigenvalue weighted by Gasteiger charge is 2.25. The van der Waals surface area contributed by atoms with Crippen molar-refractivity contribution in [2.24, 2.45) is 0 Å². The van der Waals surface area contributed by atoms with Crippen LogP contribution in [0.15, 0.2) is 24.3 Å². The minimum atomic E-state index is -2.22. The first-order valence-electron chi connectivity index (χ1n) is 6.52. The average Bonchev–Trinajstić information content (AvgIpc) is 2.53. The maximum absolute atomic E-state index is 12.9. The number of hydrogen-bond donors (Lipinski definition) is 5. The van der Waals surface area contributed by atoms with Crippen LogP contribution in [0, 0.1) is 23.3 Å². The molecule has 0 aromatic heterocycles. The number of aromatic hydroxyl groups is 1. The summed E-state index contributed by atoms with van der Waals surface area (Å²) in [6, 6.07) is 3.03.